The van der Waals surface area contributed by atoms with E-state index in [1.807, 2.05) is 35.7 Å². The number of thiophene rings is 1. The zero-order valence-corrected chi connectivity index (χ0v) is 13.7. The molecule has 24 heavy (non-hydrogen) atoms. The number of hydrogen-bond donors (Lipinski definition) is 2. The smallest absolute Gasteiger partial charge is 0.229 e. The Labute approximate surface area is 142 Å². The summed E-state index contributed by atoms with van der Waals surface area (Å²) in [6.07, 6.45) is 2.43. The molecular formula is C17H17N3O3S. The zero-order chi connectivity index (χ0) is 16.5. The highest BCUT2D eigenvalue weighted by atomic mass is 32.1. The van der Waals surface area contributed by atoms with Crippen LogP contribution in [0.3, 0.4) is 0 Å². The van der Waals surface area contributed by atoms with Crippen LogP contribution in [0.25, 0.3) is 10.6 Å². The van der Waals surface area contributed by atoms with Gasteiger partial charge in [-0.2, -0.15) is 5.10 Å². The lowest BCUT2D eigenvalue weighted by molar-refractivity contribution is -0.117. The Morgan fingerprint density at radius 1 is 1.46 bits per heavy atom. The molecule has 7 heteroatoms. The molecule has 1 saturated carbocycles. The summed E-state index contributed by atoms with van der Waals surface area (Å²) in [5, 5.41) is 18.6. The first-order chi connectivity index (χ1) is 11.8. The number of amides is 1. The van der Waals surface area contributed by atoms with Gasteiger partial charge in [0, 0.05) is 17.9 Å². The standard InChI is InChI=1S/C17H17N3O3S/c21-6-5-20-16(10-13(19-20)15-4-2-8-24-15)18-17(22)12-9-11(12)14-3-1-7-23-14/h1-4,7-8,10-12,21H,5-6,9H2,(H,18,22). The van der Waals surface area contributed by atoms with Crippen LogP contribution in [-0.2, 0) is 11.3 Å². The van der Waals surface area contributed by atoms with Gasteiger partial charge in [0.2, 0.25) is 5.91 Å². The fourth-order valence-electron chi connectivity index (χ4n) is 2.85. The average molecular weight is 343 g/mol. The molecule has 2 unspecified atom stereocenters. The van der Waals surface area contributed by atoms with Crippen LogP contribution in [-0.4, -0.2) is 27.4 Å². The number of carbonyl (C=O) groups is 1. The second kappa shape index (κ2) is 6.26. The van der Waals surface area contributed by atoms with Crippen molar-refractivity contribution in [1.29, 1.82) is 0 Å². The monoisotopic (exact) mass is 343 g/mol. The van der Waals surface area contributed by atoms with Crippen LogP contribution in [0.4, 0.5) is 5.82 Å². The minimum atomic E-state index is -0.0705. The van der Waals surface area contributed by atoms with Gasteiger partial charge in [-0.15, -0.1) is 11.3 Å². The molecule has 1 aliphatic rings. The van der Waals surface area contributed by atoms with Gasteiger partial charge in [-0.3, -0.25) is 4.79 Å². The summed E-state index contributed by atoms with van der Waals surface area (Å²) in [4.78, 5) is 13.5. The predicted molar refractivity (Wildman–Crippen MR) is 90.8 cm³/mol. The van der Waals surface area contributed by atoms with Gasteiger partial charge < -0.3 is 14.8 Å². The van der Waals surface area contributed by atoms with Crippen LogP contribution in [0.5, 0.6) is 0 Å². The van der Waals surface area contributed by atoms with Gasteiger partial charge in [-0.05, 0) is 30.0 Å². The Kier molecular flexibility index (Phi) is 3.95. The van der Waals surface area contributed by atoms with E-state index in [9.17, 15) is 9.90 Å². The third-order valence-corrected chi connectivity index (χ3v) is 5.04. The van der Waals surface area contributed by atoms with Gasteiger partial charge in [-0.25, -0.2) is 4.68 Å². The number of aromatic nitrogens is 2. The van der Waals surface area contributed by atoms with E-state index in [1.54, 1.807) is 22.3 Å². The second-order valence-corrected chi connectivity index (χ2v) is 6.74. The maximum atomic E-state index is 12.5. The summed E-state index contributed by atoms with van der Waals surface area (Å²) in [7, 11) is 0. The van der Waals surface area contributed by atoms with E-state index in [0.29, 0.717) is 12.4 Å². The number of carbonyl (C=O) groups excluding carboxylic acids is 1. The number of anilines is 1. The van der Waals surface area contributed by atoms with Crippen LogP contribution < -0.4 is 5.32 Å². The van der Waals surface area contributed by atoms with Crippen LogP contribution in [0.1, 0.15) is 18.1 Å². The quantitative estimate of drug-likeness (QED) is 0.721. The fourth-order valence-corrected chi connectivity index (χ4v) is 3.53. The lowest BCUT2D eigenvalue weighted by Crippen LogP contribution is -2.18. The van der Waals surface area contributed by atoms with Crippen molar-refractivity contribution >= 4 is 23.1 Å². The van der Waals surface area contributed by atoms with E-state index < -0.39 is 0 Å². The molecule has 0 spiro atoms. The fraction of sp³-hybridized carbons (Fsp3) is 0.294. The van der Waals surface area contributed by atoms with Gasteiger partial charge in [0.25, 0.3) is 0 Å². The van der Waals surface area contributed by atoms with Crippen molar-refractivity contribution in [3.8, 4) is 10.6 Å². The summed E-state index contributed by atoms with van der Waals surface area (Å²) in [6.45, 7) is 0.306. The van der Waals surface area contributed by atoms with E-state index in [1.165, 1.54) is 0 Å². The molecule has 6 nitrogen and oxygen atoms in total. The van der Waals surface area contributed by atoms with Gasteiger partial charge in [0.15, 0.2) is 0 Å². The van der Waals surface area contributed by atoms with Crippen molar-refractivity contribution in [3.63, 3.8) is 0 Å². The first-order valence-corrected chi connectivity index (χ1v) is 8.71. The van der Waals surface area contributed by atoms with Crippen LogP contribution in [0.15, 0.2) is 46.4 Å². The largest absolute Gasteiger partial charge is 0.469 e. The van der Waals surface area contributed by atoms with Crippen LogP contribution >= 0.6 is 11.3 Å². The molecule has 4 rings (SSSR count). The van der Waals surface area contributed by atoms with Crippen LogP contribution in [0.2, 0.25) is 0 Å². The molecule has 2 atom stereocenters. The molecule has 3 aromatic heterocycles. The van der Waals surface area contributed by atoms with Crippen LogP contribution in [0, 0.1) is 5.92 Å². The topological polar surface area (TPSA) is 80.3 Å². The molecule has 1 amide bonds. The lowest BCUT2D eigenvalue weighted by Gasteiger charge is -2.07. The lowest BCUT2D eigenvalue weighted by atomic mass is 10.2. The Hall–Kier alpha value is -2.38. The molecule has 3 heterocycles. The SMILES string of the molecule is O=C(Nc1cc(-c2cccs2)nn1CCO)C1CC1c1ccco1. The van der Waals surface area contributed by atoms with E-state index in [0.717, 1.165) is 22.8 Å². The summed E-state index contributed by atoms with van der Waals surface area (Å²) < 4.78 is 7.01. The molecule has 0 radical (unpaired) electrons. The summed E-state index contributed by atoms with van der Waals surface area (Å²) in [5.74, 6) is 1.53. The average Bonchev–Trinajstić information content (AvgIpc) is 3.03. The number of rotatable bonds is 6. The highest BCUT2D eigenvalue weighted by Crippen LogP contribution is 2.48. The maximum Gasteiger partial charge on any atom is 0.229 e. The number of hydrogen-bond acceptors (Lipinski definition) is 5. The molecule has 0 saturated heterocycles. The summed E-state index contributed by atoms with van der Waals surface area (Å²) in [6, 6.07) is 9.54. The minimum absolute atomic E-state index is 0.0341. The van der Waals surface area contributed by atoms with Gasteiger partial charge >= 0.3 is 0 Å². The Morgan fingerprint density at radius 3 is 3.08 bits per heavy atom. The summed E-state index contributed by atoms with van der Waals surface area (Å²) in [5.41, 5.74) is 0.798. The number of aliphatic hydroxyl groups excluding tert-OH is 1. The molecular weight excluding hydrogens is 326 g/mol. The number of furan rings is 1. The molecule has 1 fully saturated rings. The number of aliphatic hydroxyl groups is 1. The molecule has 2 N–H and O–H groups in total. The van der Waals surface area contributed by atoms with E-state index >= 15 is 0 Å². The van der Waals surface area contributed by atoms with Crippen molar-refractivity contribution in [2.45, 2.75) is 18.9 Å². The highest BCUT2D eigenvalue weighted by molar-refractivity contribution is 7.13. The summed E-state index contributed by atoms with van der Waals surface area (Å²) >= 11 is 1.59. The van der Waals surface area contributed by atoms with Crippen molar-refractivity contribution < 1.29 is 14.3 Å². The molecule has 0 bridgehead atoms. The van der Waals surface area contributed by atoms with Crippen molar-refractivity contribution in [2.75, 3.05) is 11.9 Å². The Bertz CT molecular complexity index is 824. The second-order valence-electron chi connectivity index (χ2n) is 5.79. The normalized spacial score (nSPS) is 19.4. The van der Waals surface area contributed by atoms with E-state index in [4.69, 9.17) is 4.42 Å². The minimum Gasteiger partial charge on any atom is -0.469 e. The maximum absolute atomic E-state index is 12.5. The van der Waals surface area contributed by atoms with Crippen molar-refractivity contribution in [3.05, 3.63) is 47.7 Å². The highest BCUT2D eigenvalue weighted by Gasteiger charge is 2.46. The predicted octanol–water partition coefficient (Wildman–Crippen LogP) is 2.94. The van der Waals surface area contributed by atoms with E-state index in [2.05, 4.69) is 10.4 Å². The van der Waals surface area contributed by atoms with Crippen molar-refractivity contribution in [1.82, 2.24) is 9.78 Å². The molecule has 124 valence electrons. The van der Waals surface area contributed by atoms with Gasteiger partial charge in [0.1, 0.15) is 17.3 Å². The third kappa shape index (κ3) is 2.88. The molecule has 3 aromatic rings. The Morgan fingerprint density at radius 2 is 2.38 bits per heavy atom. The first kappa shape index (κ1) is 15.2. The third-order valence-electron chi connectivity index (χ3n) is 4.15. The van der Waals surface area contributed by atoms with Gasteiger partial charge in [-0.1, -0.05) is 6.07 Å². The Balaban J connectivity index is 1.50. The number of nitrogens with one attached hydrogen (secondary N) is 1. The molecule has 0 aromatic carbocycles. The molecule has 1 aliphatic carbocycles. The van der Waals surface area contributed by atoms with E-state index in [-0.39, 0.29) is 24.3 Å². The van der Waals surface area contributed by atoms with Crippen molar-refractivity contribution in [2.24, 2.45) is 5.92 Å². The number of nitrogens with zero attached hydrogens (tertiary/aromatic N) is 2. The molecule has 0 aliphatic heterocycles. The zero-order valence-electron chi connectivity index (χ0n) is 12.9. The van der Waals surface area contributed by atoms with Gasteiger partial charge in [0.05, 0.1) is 24.3 Å². The first-order valence-electron chi connectivity index (χ1n) is 7.83.